The van der Waals surface area contributed by atoms with E-state index in [0.29, 0.717) is 10.9 Å². The molecule has 0 amide bonds. The summed E-state index contributed by atoms with van der Waals surface area (Å²) in [7, 11) is -3.42. The maximum absolute atomic E-state index is 12.1. The molecule has 0 aliphatic rings. The Bertz CT molecular complexity index is 1020. The van der Waals surface area contributed by atoms with Crippen molar-refractivity contribution in [2.75, 3.05) is 6.26 Å². The van der Waals surface area contributed by atoms with Gasteiger partial charge in [0.15, 0.2) is 15.7 Å². The Labute approximate surface area is 152 Å². The second kappa shape index (κ2) is 6.98. The van der Waals surface area contributed by atoms with Crippen LogP contribution in [0.1, 0.15) is 11.1 Å². The third-order valence-corrected chi connectivity index (χ3v) is 6.10. The van der Waals surface area contributed by atoms with Crippen molar-refractivity contribution >= 4 is 21.6 Å². The second-order valence-corrected chi connectivity index (χ2v) is 8.89. The smallest absolute Gasteiger partial charge is 0.179 e. The van der Waals surface area contributed by atoms with Gasteiger partial charge in [-0.05, 0) is 25.5 Å². The van der Waals surface area contributed by atoms with Crippen LogP contribution in [0, 0.1) is 13.8 Å². The lowest BCUT2D eigenvalue weighted by molar-refractivity contribution is 0.598. The summed E-state index contributed by atoms with van der Waals surface area (Å²) in [6.07, 6.45) is 2.58. The highest BCUT2D eigenvalue weighted by Crippen LogP contribution is 2.34. The standard InChI is InChI=1S/C19H18N2O2S2/c1-13-9-10-16(14(2)11-13)24-19-17(25(3,22)23)12-20-18(21-19)15-7-5-4-6-8-15/h4-12H,1-3H3. The van der Waals surface area contributed by atoms with Crippen molar-refractivity contribution in [3.8, 4) is 11.4 Å². The number of nitrogens with zero attached hydrogens (tertiary/aromatic N) is 2. The Morgan fingerprint density at radius 1 is 1.00 bits per heavy atom. The Morgan fingerprint density at radius 3 is 2.36 bits per heavy atom. The monoisotopic (exact) mass is 370 g/mol. The minimum Gasteiger partial charge on any atom is -0.235 e. The molecule has 128 valence electrons. The summed E-state index contributed by atoms with van der Waals surface area (Å²) in [6.45, 7) is 4.04. The van der Waals surface area contributed by atoms with Gasteiger partial charge in [-0.25, -0.2) is 18.4 Å². The molecule has 25 heavy (non-hydrogen) atoms. The van der Waals surface area contributed by atoms with Gasteiger partial charge in [-0.15, -0.1) is 0 Å². The van der Waals surface area contributed by atoms with Gasteiger partial charge in [-0.1, -0.05) is 59.8 Å². The van der Waals surface area contributed by atoms with Crippen LogP contribution >= 0.6 is 11.8 Å². The number of aromatic nitrogens is 2. The molecule has 0 spiro atoms. The van der Waals surface area contributed by atoms with Crippen molar-refractivity contribution in [3.05, 3.63) is 65.9 Å². The first kappa shape index (κ1) is 17.6. The first-order valence-electron chi connectivity index (χ1n) is 7.72. The largest absolute Gasteiger partial charge is 0.235 e. The number of sulfone groups is 1. The molecule has 4 nitrogen and oxygen atoms in total. The number of hydrogen-bond acceptors (Lipinski definition) is 5. The molecule has 1 aromatic heterocycles. The lowest BCUT2D eigenvalue weighted by Gasteiger charge is -2.11. The first-order chi connectivity index (χ1) is 11.8. The van der Waals surface area contributed by atoms with Crippen molar-refractivity contribution in [3.63, 3.8) is 0 Å². The highest BCUT2D eigenvalue weighted by atomic mass is 32.2. The Kier molecular flexibility index (Phi) is 4.92. The van der Waals surface area contributed by atoms with Crippen LogP contribution in [0.15, 0.2) is 69.5 Å². The highest BCUT2D eigenvalue weighted by molar-refractivity contribution is 8.00. The summed E-state index contributed by atoms with van der Waals surface area (Å²) >= 11 is 1.35. The normalized spacial score (nSPS) is 11.5. The van der Waals surface area contributed by atoms with Crippen LogP contribution < -0.4 is 0 Å². The molecule has 0 fully saturated rings. The van der Waals surface area contributed by atoms with E-state index in [9.17, 15) is 8.42 Å². The number of aryl methyl sites for hydroxylation is 2. The summed E-state index contributed by atoms with van der Waals surface area (Å²) in [6, 6.07) is 15.6. The maximum Gasteiger partial charge on any atom is 0.179 e. The van der Waals surface area contributed by atoms with Crippen LogP contribution in [-0.2, 0) is 9.84 Å². The Balaban J connectivity index is 2.11. The molecule has 6 heteroatoms. The molecule has 0 unspecified atom stereocenters. The fraction of sp³-hybridized carbons (Fsp3) is 0.158. The molecular formula is C19H18N2O2S2. The molecule has 3 aromatic rings. The summed E-state index contributed by atoms with van der Waals surface area (Å²) < 4.78 is 24.3. The maximum atomic E-state index is 12.1. The predicted molar refractivity (Wildman–Crippen MR) is 101 cm³/mol. The van der Waals surface area contributed by atoms with Crippen molar-refractivity contribution in [1.82, 2.24) is 9.97 Å². The van der Waals surface area contributed by atoms with E-state index in [-0.39, 0.29) is 4.90 Å². The lowest BCUT2D eigenvalue weighted by Crippen LogP contribution is -2.04. The molecule has 1 heterocycles. The van der Waals surface area contributed by atoms with Gasteiger partial charge in [0.05, 0.1) is 6.20 Å². The van der Waals surface area contributed by atoms with Gasteiger partial charge in [0.25, 0.3) is 0 Å². The zero-order chi connectivity index (χ0) is 18.0. The average molecular weight is 370 g/mol. The van der Waals surface area contributed by atoms with Gasteiger partial charge in [0.1, 0.15) is 9.92 Å². The highest BCUT2D eigenvalue weighted by Gasteiger charge is 2.19. The third-order valence-electron chi connectivity index (χ3n) is 3.69. The van der Waals surface area contributed by atoms with Gasteiger partial charge in [0, 0.05) is 16.7 Å². The second-order valence-electron chi connectivity index (χ2n) is 5.87. The first-order valence-corrected chi connectivity index (χ1v) is 10.4. The number of benzene rings is 2. The molecule has 0 aliphatic heterocycles. The molecule has 0 saturated carbocycles. The number of rotatable bonds is 4. The topological polar surface area (TPSA) is 59.9 Å². The van der Waals surface area contributed by atoms with Crippen molar-refractivity contribution < 1.29 is 8.42 Å². The Morgan fingerprint density at radius 2 is 1.72 bits per heavy atom. The zero-order valence-electron chi connectivity index (χ0n) is 14.2. The molecule has 0 saturated heterocycles. The van der Waals surface area contributed by atoms with E-state index >= 15 is 0 Å². The van der Waals surface area contributed by atoms with Gasteiger partial charge in [-0.2, -0.15) is 0 Å². The van der Waals surface area contributed by atoms with Gasteiger partial charge < -0.3 is 0 Å². The van der Waals surface area contributed by atoms with Crippen LogP contribution in [0.4, 0.5) is 0 Å². The van der Waals surface area contributed by atoms with E-state index in [4.69, 9.17) is 0 Å². The predicted octanol–water partition coefficient (Wildman–Crippen LogP) is 4.32. The molecule has 0 aliphatic carbocycles. The molecular weight excluding hydrogens is 352 g/mol. The fourth-order valence-electron chi connectivity index (χ4n) is 2.43. The summed E-state index contributed by atoms with van der Waals surface area (Å²) in [4.78, 5) is 9.92. The minimum atomic E-state index is -3.42. The molecule has 0 atom stereocenters. The summed E-state index contributed by atoms with van der Waals surface area (Å²) in [5, 5.41) is 0.448. The van der Waals surface area contributed by atoms with Crippen LogP contribution in [0.2, 0.25) is 0 Å². The SMILES string of the molecule is Cc1ccc(Sc2nc(-c3ccccc3)ncc2S(C)(=O)=O)c(C)c1. The van der Waals surface area contributed by atoms with Crippen molar-refractivity contribution in [1.29, 1.82) is 0 Å². The van der Waals surface area contributed by atoms with Gasteiger partial charge in [-0.3, -0.25) is 0 Å². The van der Waals surface area contributed by atoms with Crippen LogP contribution in [0.25, 0.3) is 11.4 Å². The van der Waals surface area contributed by atoms with Crippen LogP contribution in [0.3, 0.4) is 0 Å². The minimum absolute atomic E-state index is 0.150. The number of hydrogen-bond donors (Lipinski definition) is 0. The fourth-order valence-corrected chi connectivity index (χ4v) is 4.46. The molecule has 2 aromatic carbocycles. The van der Waals surface area contributed by atoms with E-state index in [1.165, 1.54) is 24.2 Å². The average Bonchev–Trinajstić information content (AvgIpc) is 2.57. The summed E-state index contributed by atoms with van der Waals surface area (Å²) in [5.74, 6) is 0.514. The van der Waals surface area contributed by atoms with Crippen LogP contribution in [-0.4, -0.2) is 24.6 Å². The van der Waals surface area contributed by atoms with E-state index in [2.05, 4.69) is 16.0 Å². The Hall–Kier alpha value is -2.18. The molecule has 3 rings (SSSR count). The summed E-state index contributed by atoms with van der Waals surface area (Å²) in [5.41, 5.74) is 3.10. The van der Waals surface area contributed by atoms with Gasteiger partial charge in [0.2, 0.25) is 0 Å². The van der Waals surface area contributed by atoms with E-state index in [1.807, 2.05) is 56.3 Å². The van der Waals surface area contributed by atoms with Gasteiger partial charge >= 0.3 is 0 Å². The van der Waals surface area contributed by atoms with E-state index < -0.39 is 9.84 Å². The molecule has 0 radical (unpaired) electrons. The molecule has 0 bridgehead atoms. The van der Waals surface area contributed by atoms with E-state index in [1.54, 1.807) is 0 Å². The van der Waals surface area contributed by atoms with Crippen molar-refractivity contribution in [2.45, 2.75) is 28.7 Å². The third kappa shape index (κ3) is 4.08. The van der Waals surface area contributed by atoms with E-state index in [0.717, 1.165) is 21.6 Å². The zero-order valence-corrected chi connectivity index (χ0v) is 15.9. The lowest BCUT2D eigenvalue weighted by atomic mass is 10.2. The quantitative estimate of drug-likeness (QED) is 0.640. The van der Waals surface area contributed by atoms with Crippen molar-refractivity contribution in [2.24, 2.45) is 0 Å². The molecule has 0 N–H and O–H groups in total. The van der Waals surface area contributed by atoms with Crippen LogP contribution in [0.5, 0.6) is 0 Å².